The lowest BCUT2D eigenvalue weighted by Gasteiger charge is -2.05. The van der Waals surface area contributed by atoms with Crippen molar-refractivity contribution in [1.29, 1.82) is 0 Å². The van der Waals surface area contributed by atoms with Crippen LogP contribution < -0.4 is 0 Å². The number of hydrogen-bond acceptors (Lipinski definition) is 3. The van der Waals surface area contributed by atoms with E-state index in [0.717, 1.165) is 13.3 Å². The molecule has 0 amide bonds. The lowest BCUT2D eigenvalue weighted by Crippen LogP contribution is -2.11. The van der Waals surface area contributed by atoms with Gasteiger partial charge in [-0.2, -0.15) is 13.9 Å². The molecule has 0 saturated carbocycles. The molecular formula is C6H5ClF2N2O2. The van der Waals surface area contributed by atoms with Crippen molar-refractivity contribution in [2.75, 3.05) is 7.11 Å². The van der Waals surface area contributed by atoms with Crippen LogP contribution >= 0.6 is 11.6 Å². The smallest absolute Gasteiger partial charge is 0.356 e. The number of aromatic amines is 1. The third-order valence-electron chi connectivity index (χ3n) is 1.33. The Kier molecular flexibility index (Phi) is 2.51. The standard InChI is InChI=1S/C6H5ClF2N2O2/c1-13-5(12)4-3(2-10-11-4)6(7,8)9/h2H,1H3,(H,10,11). The van der Waals surface area contributed by atoms with E-state index < -0.39 is 22.6 Å². The Morgan fingerprint density at radius 1 is 1.77 bits per heavy atom. The Morgan fingerprint density at radius 3 is 2.85 bits per heavy atom. The molecule has 72 valence electrons. The second-order valence-corrected chi connectivity index (χ2v) is 2.62. The molecule has 0 saturated heterocycles. The number of ether oxygens (including phenoxy) is 1. The maximum atomic E-state index is 12.5. The normalized spacial score (nSPS) is 11.4. The zero-order valence-corrected chi connectivity index (χ0v) is 7.23. The van der Waals surface area contributed by atoms with Gasteiger partial charge in [0.1, 0.15) is 0 Å². The molecule has 13 heavy (non-hydrogen) atoms. The van der Waals surface area contributed by atoms with Crippen molar-refractivity contribution in [3.05, 3.63) is 17.5 Å². The molecule has 0 radical (unpaired) electrons. The number of alkyl halides is 3. The highest BCUT2D eigenvalue weighted by atomic mass is 35.5. The molecule has 7 heteroatoms. The van der Waals surface area contributed by atoms with E-state index in [9.17, 15) is 13.6 Å². The van der Waals surface area contributed by atoms with Crippen LogP contribution in [0.5, 0.6) is 0 Å². The Balaban J connectivity index is 3.10. The van der Waals surface area contributed by atoms with Crippen LogP contribution in [0.25, 0.3) is 0 Å². The monoisotopic (exact) mass is 210 g/mol. The number of H-pyrrole nitrogens is 1. The van der Waals surface area contributed by atoms with Crippen molar-refractivity contribution < 1.29 is 18.3 Å². The Hall–Kier alpha value is -1.17. The highest BCUT2D eigenvalue weighted by molar-refractivity contribution is 6.22. The Labute approximate surface area is 76.8 Å². The van der Waals surface area contributed by atoms with E-state index in [-0.39, 0.29) is 0 Å². The van der Waals surface area contributed by atoms with Gasteiger partial charge in [-0.15, -0.1) is 0 Å². The summed E-state index contributed by atoms with van der Waals surface area (Å²) in [5, 5.41) is 1.71. The van der Waals surface area contributed by atoms with Gasteiger partial charge in [-0.25, -0.2) is 4.79 Å². The molecule has 0 fully saturated rings. The molecule has 1 N–H and O–H groups in total. The summed E-state index contributed by atoms with van der Waals surface area (Å²) in [5.41, 5.74) is -1.14. The molecule has 4 nitrogen and oxygen atoms in total. The lowest BCUT2D eigenvalue weighted by atomic mass is 10.2. The second kappa shape index (κ2) is 3.29. The maximum absolute atomic E-state index is 12.5. The van der Waals surface area contributed by atoms with Crippen molar-refractivity contribution in [1.82, 2.24) is 10.2 Å². The first-order valence-corrected chi connectivity index (χ1v) is 3.53. The predicted molar refractivity (Wildman–Crippen MR) is 39.7 cm³/mol. The molecule has 1 aromatic rings. The fraction of sp³-hybridized carbons (Fsp3) is 0.333. The van der Waals surface area contributed by atoms with Crippen LogP contribution in [0.1, 0.15) is 16.1 Å². The number of hydrogen-bond donors (Lipinski definition) is 1. The third kappa shape index (κ3) is 1.95. The van der Waals surface area contributed by atoms with E-state index in [1.165, 1.54) is 0 Å². The molecule has 0 aliphatic heterocycles. The van der Waals surface area contributed by atoms with Crippen molar-refractivity contribution in [3.8, 4) is 0 Å². The summed E-state index contributed by atoms with van der Waals surface area (Å²) in [7, 11) is 1.07. The largest absolute Gasteiger partial charge is 0.464 e. The summed E-state index contributed by atoms with van der Waals surface area (Å²) in [6.45, 7) is 0. The number of aromatic nitrogens is 2. The molecule has 0 aliphatic rings. The number of nitrogens with zero attached hydrogens (tertiary/aromatic N) is 1. The van der Waals surface area contributed by atoms with Gasteiger partial charge in [0.2, 0.25) is 0 Å². The van der Waals surface area contributed by atoms with Gasteiger partial charge in [0, 0.05) is 0 Å². The Morgan fingerprint density at radius 2 is 2.38 bits per heavy atom. The number of halogens is 3. The average molecular weight is 211 g/mol. The minimum absolute atomic E-state index is 0.442. The van der Waals surface area contributed by atoms with Crippen LogP contribution in [0.3, 0.4) is 0 Å². The molecule has 1 aromatic heterocycles. The van der Waals surface area contributed by atoms with Crippen molar-refractivity contribution in [2.45, 2.75) is 5.38 Å². The molecule has 0 spiro atoms. The van der Waals surface area contributed by atoms with Gasteiger partial charge in [-0.1, -0.05) is 0 Å². The number of methoxy groups -OCH3 is 1. The highest BCUT2D eigenvalue weighted by Crippen LogP contribution is 2.33. The van der Waals surface area contributed by atoms with E-state index in [0.29, 0.717) is 0 Å². The topological polar surface area (TPSA) is 55.0 Å². The maximum Gasteiger partial charge on any atom is 0.356 e. The quantitative estimate of drug-likeness (QED) is 0.594. The average Bonchev–Trinajstić information content (AvgIpc) is 2.49. The van der Waals surface area contributed by atoms with E-state index in [4.69, 9.17) is 11.6 Å². The number of rotatable bonds is 2. The van der Waals surface area contributed by atoms with Crippen molar-refractivity contribution in [2.24, 2.45) is 0 Å². The summed E-state index contributed by atoms with van der Waals surface area (Å²) in [6, 6.07) is 0. The number of carbonyl (C=O) groups excluding carboxylic acids is 1. The molecular weight excluding hydrogens is 206 g/mol. The molecule has 0 bridgehead atoms. The number of carbonyl (C=O) groups is 1. The zero-order chi connectivity index (χ0) is 10.1. The Bertz CT molecular complexity index is 321. The molecule has 1 heterocycles. The minimum Gasteiger partial charge on any atom is -0.464 e. The van der Waals surface area contributed by atoms with Crippen LogP contribution in [0.15, 0.2) is 6.20 Å². The highest BCUT2D eigenvalue weighted by Gasteiger charge is 2.35. The summed E-state index contributed by atoms with van der Waals surface area (Å²) in [4.78, 5) is 10.9. The second-order valence-electron chi connectivity index (χ2n) is 2.15. The van der Waals surface area contributed by atoms with Gasteiger partial charge in [-0.05, 0) is 11.6 Å². The van der Waals surface area contributed by atoms with Gasteiger partial charge in [0.05, 0.1) is 18.9 Å². The zero-order valence-electron chi connectivity index (χ0n) is 6.47. The first-order valence-electron chi connectivity index (χ1n) is 3.15. The summed E-state index contributed by atoms with van der Waals surface area (Å²) in [5.74, 6) is -0.937. The molecule has 0 aromatic carbocycles. The van der Waals surface area contributed by atoms with Gasteiger partial charge in [-0.3, -0.25) is 5.10 Å². The fourth-order valence-electron chi connectivity index (χ4n) is 0.759. The SMILES string of the molecule is COC(=O)c1[nH]ncc1C(F)(F)Cl. The lowest BCUT2D eigenvalue weighted by molar-refractivity contribution is 0.0565. The van der Waals surface area contributed by atoms with Crippen LogP contribution in [-0.2, 0) is 10.1 Å². The van der Waals surface area contributed by atoms with Crippen molar-refractivity contribution in [3.63, 3.8) is 0 Å². The number of nitrogens with one attached hydrogen (secondary N) is 1. The van der Waals surface area contributed by atoms with Crippen LogP contribution in [0.2, 0.25) is 0 Å². The predicted octanol–water partition coefficient (Wildman–Crippen LogP) is 1.48. The van der Waals surface area contributed by atoms with Crippen LogP contribution in [0.4, 0.5) is 8.78 Å². The van der Waals surface area contributed by atoms with Crippen LogP contribution in [0, 0.1) is 0 Å². The first kappa shape index (κ1) is 9.91. The molecule has 0 atom stereocenters. The third-order valence-corrected chi connectivity index (χ3v) is 1.54. The number of esters is 1. The molecule has 1 rings (SSSR count). The van der Waals surface area contributed by atoms with Gasteiger partial charge >= 0.3 is 11.4 Å². The van der Waals surface area contributed by atoms with Crippen molar-refractivity contribution >= 4 is 17.6 Å². The minimum atomic E-state index is -3.63. The van der Waals surface area contributed by atoms with Gasteiger partial charge < -0.3 is 4.74 Å². The summed E-state index contributed by atoms with van der Waals surface area (Å²) in [6.07, 6.45) is 0.777. The summed E-state index contributed by atoms with van der Waals surface area (Å²) >= 11 is 4.70. The van der Waals surface area contributed by atoms with E-state index >= 15 is 0 Å². The van der Waals surface area contributed by atoms with E-state index in [1.807, 2.05) is 0 Å². The molecule has 0 aliphatic carbocycles. The summed E-state index contributed by atoms with van der Waals surface area (Å²) < 4.78 is 29.3. The van der Waals surface area contributed by atoms with E-state index in [2.05, 4.69) is 14.9 Å². The fourth-order valence-corrected chi connectivity index (χ4v) is 0.902. The van der Waals surface area contributed by atoms with Crippen LogP contribution in [-0.4, -0.2) is 23.3 Å². The first-order chi connectivity index (χ1) is 5.96. The van der Waals surface area contributed by atoms with Gasteiger partial charge in [0.15, 0.2) is 5.69 Å². The molecule has 0 unspecified atom stereocenters. The van der Waals surface area contributed by atoms with Gasteiger partial charge in [0.25, 0.3) is 0 Å². The van der Waals surface area contributed by atoms with E-state index in [1.54, 1.807) is 0 Å².